The van der Waals surface area contributed by atoms with Crippen molar-refractivity contribution < 1.29 is 19.2 Å². The molecule has 5 nitrogen and oxygen atoms in total. The number of ether oxygens (including phenoxy) is 2. The first-order valence-electron chi connectivity index (χ1n) is 10.8. The second kappa shape index (κ2) is 4.76. The number of para-hydroxylation sites is 1. The number of quaternary nitrogens is 1. The minimum absolute atomic E-state index is 0.0696. The van der Waals surface area contributed by atoms with Crippen LogP contribution in [0.5, 0.6) is 0 Å². The molecular formula is C22H27N2O3+. The molecule has 142 valence electrons. The summed E-state index contributed by atoms with van der Waals surface area (Å²) in [5.74, 6) is 1.32. The lowest BCUT2D eigenvalue weighted by atomic mass is 9.55. The summed E-state index contributed by atoms with van der Waals surface area (Å²) in [7, 11) is 0. The fourth-order valence-corrected chi connectivity index (χ4v) is 8.63. The smallest absolute Gasteiger partial charge is 0.229 e. The summed E-state index contributed by atoms with van der Waals surface area (Å²) in [5.41, 5.74) is 2.29. The lowest BCUT2D eigenvalue weighted by Gasteiger charge is -2.54. The maximum absolute atomic E-state index is 13.3. The topological polar surface area (TPSA) is 43.2 Å². The van der Waals surface area contributed by atoms with Crippen molar-refractivity contribution in [2.24, 2.45) is 11.8 Å². The van der Waals surface area contributed by atoms with Gasteiger partial charge in [0.15, 0.2) is 0 Å². The summed E-state index contributed by atoms with van der Waals surface area (Å²) >= 11 is 0. The number of hydrogen-bond acceptors (Lipinski definition) is 3. The van der Waals surface area contributed by atoms with Crippen LogP contribution in [0.4, 0.5) is 5.69 Å². The Morgan fingerprint density at radius 2 is 2.26 bits per heavy atom. The predicted octanol–water partition coefficient (Wildman–Crippen LogP) is 0.872. The number of benzene rings is 1. The first-order valence-corrected chi connectivity index (χ1v) is 10.8. The lowest BCUT2D eigenvalue weighted by Crippen LogP contribution is -3.20. The molecule has 8 atom stereocenters. The van der Waals surface area contributed by atoms with E-state index >= 15 is 0 Å². The number of anilines is 1. The molecule has 5 fully saturated rings. The number of piperidine rings is 1. The van der Waals surface area contributed by atoms with Gasteiger partial charge in [-0.25, -0.2) is 0 Å². The highest BCUT2D eigenvalue weighted by Gasteiger charge is 2.84. The van der Waals surface area contributed by atoms with Gasteiger partial charge in [-0.2, -0.15) is 0 Å². The van der Waals surface area contributed by atoms with Crippen molar-refractivity contribution in [2.45, 2.75) is 61.9 Å². The molecule has 6 aliphatic rings. The number of hydrogen-bond donors (Lipinski definition) is 1. The Hall–Kier alpha value is -1.43. The van der Waals surface area contributed by atoms with Crippen LogP contribution in [0.2, 0.25) is 0 Å². The van der Waals surface area contributed by atoms with Crippen molar-refractivity contribution in [1.82, 2.24) is 0 Å². The van der Waals surface area contributed by atoms with Crippen LogP contribution in [0.3, 0.4) is 0 Å². The van der Waals surface area contributed by atoms with Gasteiger partial charge in [-0.3, -0.25) is 4.79 Å². The Kier molecular flexibility index (Phi) is 2.73. The largest absolute Gasteiger partial charge is 0.377 e. The van der Waals surface area contributed by atoms with Gasteiger partial charge in [0.2, 0.25) is 11.6 Å². The highest BCUT2D eigenvalue weighted by Crippen LogP contribution is 2.66. The Balaban J connectivity index is 1.57. The Morgan fingerprint density at radius 3 is 3.15 bits per heavy atom. The molecule has 6 aliphatic heterocycles. The number of nitrogens with zero attached hydrogens (tertiary/aromatic N) is 1. The van der Waals surface area contributed by atoms with Gasteiger partial charge in [0, 0.05) is 36.8 Å². The molecule has 1 aromatic carbocycles. The van der Waals surface area contributed by atoms with Gasteiger partial charge in [-0.05, 0) is 18.6 Å². The fraction of sp³-hybridized carbons (Fsp3) is 0.682. The van der Waals surface area contributed by atoms with Gasteiger partial charge in [0.25, 0.3) is 0 Å². The second-order valence-corrected chi connectivity index (χ2v) is 9.44. The maximum atomic E-state index is 13.3. The highest BCUT2D eigenvalue weighted by molar-refractivity contribution is 5.99. The minimum Gasteiger partial charge on any atom is -0.377 e. The SMILES string of the molecule is CCOC12CC3C4C5CC(=O)N6c7ccccc7C1(CC[NH+]2C3CCO5)C46. The Labute approximate surface area is 159 Å². The molecule has 1 spiro atoms. The molecular weight excluding hydrogens is 340 g/mol. The van der Waals surface area contributed by atoms with Gasteiger partial charge in [-0.1, -0.05) is 18.2 Å². The Bertz CT molecular complexity index is 858. The monoisotopic (exact) mass is 367 g/mol. The van der Waals surface area contributed by atoms with Crippen LogP contribution in [0.25, 0.3) is 0 Å². The molecule has 0 aliphatic carbocycles. The molecule has 27 heavy (non-hydrogen) atoms. The van der Waals surface area contributed by atoms with Crippen molar-refractivity contribution >= 4 is 11.6 Å². The van der Waals surface area contributed by atoms with E-state index in [1.165, 1.54) is 5.56 Å². The van der Waals surface area contributed by atoms with Crippen LogP contribution in [0, 0.1) is 11.8 Å². The lowest BCUT2D eigenvalue weighted by molar-refractivity contribution is -0.977. The zero-order valence-corrected chi connectivity index (χ0v) is 15.8. The molecule has 5 saturated heterocycles. The molecule has 8 unspecified atom stereocenters. The zero-order chi connectivity index (χ0) is 18.0. The van der Waals surface area contributed by atoms with E-state index in [4.69, 9.17) is 9.47 Å². The standard InChI is InChI=1S/C22H26N2O3/c1-2-27-22-12-13-15-7-10-26-17-11-18(25)24-16-6-4-3-5-14(16)21(22,8-9-23(15)22)20(24)19(13)17/h3-6,13,15,17,19-20H,2,7-12H2,1H3/p+1. The van der Waals surface area contributed by atoms with Gasteiger partial charge >= 0.3 is 0 Å². The number of nitrogens with one attached hydrogen (secondary N) is 1. The van der Waals surface area contributed by atoms with Crippen molar-refractivity contribution in [3.63, 3.8) is 0 Å². The van der Waals surface area contributed by atoms with Crippen LogP contribution < -0.4 is 9.80 Å². The third-order valence-electron chi connectivity index (χ3n) is 9.03. The molecule has 6 heterocycles. The van der Waals surface area contributed by atoms with Crippen LogP contribution >= 0.6 is 0 Å². The van der Waals surface area contributed by atoms with E-state index in [-0.39, 0.29) is 29.2 Å². The normalized spacial score (nSPS) is 50.7. The van der Waals surface area contributed by atoms with Crippen LogP contribution in [-0.2, 0) is 19.7 Å². The van der Waals surface area contributed by atoms with Gasteiger partial charge in [-0.15, -0.1) is 0 Å². The van der Waals surface area contributed by atoms with Crippen LogP contribution in [0.15, 0.2) is 24.3 Å². The van der Waals surface area contributed by atoms with Crippen LogP contribution in [0.1, 0.15) is 38.2 Å². The fourth-order valence-electron chi connectivity index (χ4n) is 8.63. The van der Waals surface area contributed by atoms with Crippen LogP contribution in [-0.4, -0.2) is 49.6 Å². The highest BCUT2D eigenvalue weighted by atomic mass is 16.5. The van der Waals surface area contributed by atoms with E-state index in [2.05, 4.69) is 36.1 Å². The molecule has 7 rings (SSSR count). The van der Waals surface area contributed by atoms with Crippen molar-refractivity contribution in [1.29, 1.82) is 0 Å². The van der Waals surface area contributed by atoms with Gasteiger partial charge in [0.05, 0.1) is 44.4 Å². The molecule has 1 N–H and O–H groups in total. The van der Waals surface area contributed by atoms with E-state index in [9.17, 15) is 4.79 Å². The summed E-state index contributed by atoms with van der Waals surface area (Å²) < 4.78 is 13.1. The molecule has 0 aromatic heterocycles. The Morgan fingerprint density at radius 1 is 1.37 bits per heavy atom. The second-order valence-electron chi connectivity index (χ2n) is 9.44. The van der Waals surface area contributed by atoms with E-state index in [1.807, 2.05) is 0 Å². The first-order chi connectivity index (χ1) is 13.2. The van der Waals surface area contributed by atoms with Crippen molar-refractivity contribution in [3.8, 4) is 0 Å². The summed E-state index contributed by atoms with van der Waals surface area (Å²) in [6.07, 6.45) is 4.02. The number of carbonyl (C=O) groups is 1. The minimum atomic E-state index is -0.164. The molecule has 5 heteroatoms. The summed E-state index contributed by atoms with van der Waals surface area (Å²) in [5, 5.41) is 0. The first kappa shape index (κ1) is 15.5. The van der Waals surface area contributed by atoms with E-state index in [0.29, 0.717) is 24.3 Å². The van der Waals surface area contributed by atoms with Gasteiger partial charge in [0.1, 0.15) is 5.41 Å². The molecule has 0 saturated carbocycles. The third-order valence-corrected chi connectivity index (χ3v) is 9.03. The van der Waals surface area contributed by atoms with Crippen molar-refractivity contribution in [2.75, 3.05) is 24.7 Å². The van der Waals surface area contributed by atoms with E-state index in [0.717, 1.165) is 44.7 Å². The van der Waals surface area contributed by atoms with E-state index in [1.54, 1.807) is 4.90 Å². The average Bonchev–Trinajstić information content (AvgIpc) is 3.20. The molecule has 1 aromatic rings. The molecule has 1 amide bonds. The summed E-state index contributed by atoms with van der Waals surface area (Å²) in [4.78, 5) is 17.2. The number of amides is 1. The third kappa shape index (κ3) is 1.43. The number of rotatable bonds is 2. The summed E-state index contributed by atoms with van der Waals surface area (Å²) in [6, 6.07) is 9.54. The summed E-state index contributed by atoms with van der Waals surface area (Å²) in [6.45, 7) is 4.85. The molecule has 0 radical (unpaired) electrons. The maximum Gasteiger partial charge on any atom is 0.229 e. The quantitative estimate of drug-likeness (QED) is 0.844. The van der Waals surface area contributed by atoms with E-state index < -0.39 is 0 Å². The average molecular weight is 367 g/mol. The molecule has 6 bridgehead atoms. The number of fused-ring (bicyclic) bond motifs is 2. The number of carbonyl (C=O) groups excluding carboxylic acids is 1. The predicted molar refractivity (Wildman–Crippen MR) is 98.6 cm³/mol. The van der Waals surface area contributed by atoms with Gasteiger partial charge < -0.3 is 19.3 Å². The zero-order valence-electron chi connectivity index (χ0n) is 15.8. The van der Waals surface area contributed by atoms with Crippen molar-refractivity contribution in [3.05, 3.63) is 29.8 Å².